The highest BCUT2D eigenvalue weighted by Crippen LogP contribution is 2.30. The van der Waals surface area contributed by atoms with Crippen LogP contribution in [0.5, 0.6) is 5.75 Å². The van der Waals surface area contributed by atoms with Gasteiger partial charge in [0.25, 0.3) is 0 Å². The van der Waals surface area contributed by atoms with Crippen LogP contribution >= 0.6 is 0 Å². The van der Waals surface area contributed by atoms with E-state index in [0.29, 0.717) is 0 Å². The Bertz CT molecular complexity index is 420. The van der Waals surface area contributed by atoms with Gasteiger partial charge in [-0.05, 0) is 38.4 Å². The molecule has 0 aliphatic carbocycles. The van der Waals surface area contributed by atoms with Crippen LogP contribution in [0.2, 0.25) is 0 Å². The molecule has 1 fully saturated rings. The first-order chi connectivity index (χ1) is 8.77. The quantitative estimate of drug-likeness (QED) is 0.887. The van der Waals surface area contributed by atoms with Gasteiger partial charge in [0.1, 0.15) is 5.75 Å². The maximum Gasteiger partial charge on any atom is 0.244 e. The zero-order valence-electron chi connectivity index (χ0n) is 11.0. The van der Waals surface area contributed by atoms with Crippen molar-refractivity contribution in [2.45, 2.75) is 25.3 Å². The molecule has 0 spiro atoms. The van der Waals surface area contributed by atoms with Crippen molar-refractivity contribution in [3.8, 4) is 5.75 Å². The van der Waals surface area contributed by atoms with Gasteiger partial charge in [-0.2, -0.15) is 0 Å². The van der Waals surface area contributed by atoms with E-state index in [-0.39, 0.29) is 11.9 Å². The van der Waals surface area contributed by atoms with E-state index in [1.54, 1.807) is 7.11 Å². The standard InChI is InChI=1S/C14H20N2O2/c1-15-11-7-5-6-10-16(14(11)17)12-8-3-4-9-13(12)18-2/h3-4,8-9,11,15H,5-7,10H2,1-2H3/t11-/m0/s1. The molecule has 1 amide bonds. The van der Waals surface area contributed by atoms with Crippen molar-refractivity contribution in [1.29, 1.82) is 0 Å². The number of methoxy groups -OCH3 is 1. The Morgan fingerprint density at radius 2 is 2.11 bits per heavy atom. The number of hydrogen-bond acceptors (Lipinski definition) is 3. The van der Waals surface area contributed by atoms with Crippen LogP contribution in [0.4, 0.5) is 5.69 Å². The molecule has 1 aliphatic heterocycles. The van der Waals surface area contributed by atoms with Gasteiger partial charge in [-0.3, -0.25) is 4.79 Å². The van der Waals surface area contributed by atoms with Crippen molar-refractivity contribution in [3.63, 3.8) is 0 Å². The molecular weight excluding hydrogens is 228 g/mol. The minimum Gasteiger partial charge on any atom is -0.495 e. The van der Waals surface area contributed by atoms with Gasteiger partial charge in [-0.1, -0.05) is 12.1 Å². The molecule has 18 heavy (non-hydrogen) atoms. The largest absolute Gasteiger partial charge is 0.495 e. The maximum atomic E-state index is 12.5. The van der Waals surface area contributed by atoms with Crippen LogP contribution in [0.1, 0.15) is 19.3 Å². The summed E-state index contributed by atoms with van der Waals surface area (Å²) in [7, 11) is 3.48. The van der Waals surface area contributed by atoms with Crippen LogP contribution in [-0.2, 0) is 4.79 Å². The Morgan fingerprint density at radius 3 is 2.83 bits per heavy atom. The zero-order valence-corrected chi connectivity index (χ0v) is 11.0. The predicted octanol–water partition coefficient (Wildman–Crippen LogP) is 1.80. The number of carbonyl (C=O) groups is 1. The summed E-state index contributed by atoms with van der Waals surface area (Å²) in [4.78, 5) is 14.3. The van der Waals surface area contributed by atoms with Crippen LogP contribution < -0.4 is 15.0 Å². The molecule has 1 aliphatic rings. The summed E-state index contributed by atoms with van der Waals surface area (Å²) in [6, 6.07) is 7.60. The van der Waals surface area contributed by atoms with E-state index in [2.05, 4.69) is 5.32 Å². The Hall–Kier alpha value is -1.55. The third-order valence-corrected chi connectivity index (χ3v) is 3.41. The van der Waals surface area contributed by atoms with E-state index in [0.717, 1.165) is 37.2 Å². The highest BCUT2D eigenvalue weighted by Gasteiger charge is 2.28. The molecule has 0 unspecified atom stereocenters. The second-order valence-electron chi connectivity index (χ2n) is 4.50. The number of ether oxygens (including phenoxy) is 1. The summed E-state index contributed by atoms with van der Waals surface area (Å²) in [6.07, 6.45) is 3.01. The molecule has 1 aromatic carbocycles. The van der Waals surface area contributed by atoms with E-state index < -0.39 is 0 Å². The summed E-state index contributed by atoms with van der Waals surface area (Å²) in [5, 5.41) is 3.10. The first-order valence-electron chi connectivity index (χ1n) is 6.39. The Labute approximate surface area is 108 Å². The molecule has 1 atom stereocenters. The second-order valence-corrected chi connectivity index (χ2v) is 4.50. The van der Waals surface area contributed by atoms with Crippen LogP contribution in [0.15, 0.2) is 24.3 Å². The predicted molar refractivity (Wildman–Crippen MR) is 72.0 cm³/mol. The van der Waals surface area contributed by atoms with Gasteiger partial charge in [0.15, 0.2) is 0 Å². The lowest BCUT2D eigenvalue weighted by atomic mass is 10.1. The smallest absolute Gasteiger partial charge is 0.244 e. The molecule has 1 saturated heterocycles. The number of para-hydroxylation sites is 2. The number of nitrogens with one attached hydrogen (secondary N) is 1. The van der Waals surface area contributed by atoms with E-state index in [1.807, 2.05) is 36.2 Å². The van der Waals surface area contributed by atoms with Crippen molar-refractivity contribution in [3.05, 3.63) is 24.3 Å². The van der Waals surface area contributed by atoms with Crippen molar-refractivity contribution in [2.75, 3.05) is 25.6 Å². The van der Waals surface area contributed by atoms with E-state index in [9.17, 15) is 4.79 Å². The number of rotatable bonds is 3. The zero-order chi connectivity index (χ0) is 13.0. The number of hydrogen-bond donors (Lipinski definition) is 1. The first-order valence-corrected chi connectivity index (χ1v) is 6.39. The van der Waals surface area contributed by atoms with Crippen LogP contribution in [0.3, 0.4) is 0 Å². The molecular formula is C14H20N2O2. The van der Waals surface area contributed by atoms with Gasteiger partial charge >= 0.3 is 0 Å². The number of benzene rings is 1. The summed E-state index contributed by atoms with van der Waals surface area (Å²) >= 11 is 0. The first kappa shape index (κ1) is 12.9. The molecule has 98 valence electrons. The van der Waals surface area contributed by atoms with Crippen molar-refractivity contribution < 1.29 is 9.53 Å². The van der Waals surface area contributed by atoms with Gasteiger partial charge in [0.05, 0.1) is 18.8 Å². The van der Waals surface area contributed by atoms with Crippen molar-refractivity contribution in [1.82, 2.24) is 5.32 Å². The van der Waals surface area contributed by atoms with Crippen molar-refractivity contribution >= 4 is 11.6 Å². The topological polar surface area (TPSA) is 41.6 Å². The van der Waals surface area contributed by atoms with Gasteiger partial charge in [-0.15, -0.1) is 0 Å². The van der Waals surface area contributed by atoms with Crippen molar-refractivity contribution in [2.24, 2.45) is 0 Å². The molecule has 2 rings (SSSR count). The third kappa shape index (κ3) is 2.48. The molecule has 0 saturated carbocycles. The third-order valence-electron chi connectivity index (χ3n) is 3.41. The molecule has 1 heterocycles. The average molecular weight is 248 g/mol. The lowest BCUT2D eigenvalue weighted by Gasteiger charge is -2.25. The number of anilines is 1. The Kier molecular flexibility index (Phi) is 4.20. The average Bonchev–Trinajstić information content (AvgIpc) is 2.60. The highest BCUT2D eigenvalue weighted by molar-refractivity contribution is 5.98. The molecule has 4 heteroatoms. The second kappa shape index (κ2) is 5.87. The van der Waals surface area contributed by atoms with E-state index >= 15 is 0 Å². The molecule has 0 bridgehead atoms. The minimum atomic E-state index is -0.0857. The molecule has 1 N–H and O–H groups in total. The highest BCUT2D eigenvalue weighted by atomic mass is 16.5. The molecule has 0 aromatic heterocycles. The molecule has 1 aromatic rings. The summed E-state index contributed by atoms with van der Waals surface area (Å²) in [6.45, 7) is 0.761. The lowest BCUT2D eigenvalue weighted by Crippen LogP contribution is -2.44. The summed E-state index contributed by atoms with van der Waals surface area (Å²) in [5.41, 5.74) is 0.868. The van der Waals surface area contributed by atoms with Gasteiger partial charge in [-0.25, -0.2) is 0 Å². The fourth-order valence-corrected chi connectivity index (χ4v) is 2.40. The summed E-state index contributed by atoms with van der Waals surface area (Å²) in [5.74, 6) is 0.891. The maximum absolute atomic E-state index is 12.5. The normalized spacial score (nSPS) is 20.7. The van der Waals surface area contributed by atoms with E-state index in [4.69, 9.17) is 4.74 Å². The molecule has 4 nitrogen and oxygen atoms in total. The Morgan fingerprint density at radius 1 is 1.33 bits per heavy atom. The van der Waals surface area contributed by atoms with Crippen LogP contribution in [-0.4, -0.2) is 32.7 Å². The van der Waals surface area contributed by atoms with E-state index in [1.165, 1.54) is 0 Å². The van der Waals surface area contributed by atoms with Crippen LogP contribution in [0.25, 0.3) is 0 Å². The fraction of sp³-hybridized carbons (Fsp3) is 0.500. The number of likely N-dealkylation sites (N-methyl/N-ethyl adjacent to an activating group) is 1. The van der Waals surface area contributed by atoms with Gasteiger partial charge < -0.3 is 15.0 Å². The minimum absolute atomic E-state index is 0.0857. The number of amides is 1. The monoisotopic (exact) mass is 248 g/mol. The summed E-state index contributed by atoms with van der Waals surface area (Å²) < 4.78 is 5.34. The van der Waals surface area contributed by atoms with Crippen LogP contribution in [0, 0.1) is 0 Å². The number of nitrogens with zero attached hydrogens (tertiary/aromatic N) is 1. The molecule has 0 radical (unpaired) electrons. The Balaban J connectivity index is 2.32. The number of carbonyl (C=O) groups excluding carboxylic acids is 1. The van der Waals surface area contributed by atoms with Gasteiger partial charge in [0, 0.05) is 6.54 Å². The SMILES string of the molecule is CN[C@H]1CCCCN(c2ccccc2OC)C1=O. The fourth-order valence-electron chi connectivity index (χ4n) is 2.40. The lowest BCUT2D eigenvalue weighted by molar-refractivity contribution is -0.120. The van der Waals surface area contributed by atoms with Gasteiger partial charge in [0.2, 0.25) is 5.91 Å².